The van der Waals surface area contributed by atoms with Crippen LogP contribution in [0.3, 0.4) is 0 Å². The molecule has 94 valence electrons. The molecule has 0 aliphatic carbocycles. The van der Waals surface area contributed by atoms with Crippen molar-refractivity contribution in [2.75, 3.05) is 0 Å². The highest BCUT2D eigenvalue weighted by atomic mass is 16.5. The van der Waals surface area contributed by atoms with Crippen LogP contribution in [0.2, 0.25) is 0 Å². The predicted molar refractivity (Wildman–Crippen MR) is 75.4 cm³/mol. The summed E-state index contributed by atoms with van der Waals surface area (Å²) in [5.74, 6) is 2.47. The highest BCUT2D eigenvalue weighted by Crippen LogP contribution is 2.34. The lowest BCUT2D eigenvalue weighted by Gasteiger charge is -2.11. The number of furan rings is 1. The van der Waals surface area contributed by atoms with Gasteiger partial charge in [0.25, 0.3) is 0 Å². The van der Waals surface area contributed by atoms with Gasteiger partial charge in [-0.05, 0) is 42.8 Å². The molecule has 0 atom stereocenters. The molecule has 3 rings (SSSR count). The van der Waals surface area contributed by atoms with E-state index in [1.165, 1.54) is 0 Å². The molecule has 0 saturated heterocycles. The lowest BCUT2D eigenvalue weighted by Crippen LogP contribution is -1.89. The number of para-hydroxylation sites is 2. The van der Waals surface area contributed by atoms with E-state index < -0.39 is 0 Å². The first-order valence-corrected chi connectivity index (χ1v) is 6.21. The highest BCUT2D eigenvalue weighted by molar-refractivity contribution is 5.66. The predicted octanol–water partition coefficient (Wildman–Crippen LogP) is 5.05. The van der Waals surface area contributed by atoms with Crippen molar-refractivity contribution in [3.8, 4) is 22.8 Å². The Bertz CT molecular complexity index is 669. The van der Waals surface area contributed by atoms with Gasteiger partial charge < -0.3 is 9.15 Å². The second-order valence-corrected chi connectivity index (χ2v) is 4.34. The van der Waals surface area contributed by atoms with Crippen molar-refractivity contribution in [2.24, 2.45) is 0 Å². The summed E-state index contributed by atoms with van der Waals surface area (Å²) in [6.45, 7) is 2.03. The summed E-state index contributed by atoms with van der Waals surface area (Å²) in [7, 11) is 0. The first kappa shape index (κ1) is 11.6. The number of benzene rings is 2. The highest BCUT2D eigenvalue weighted by Gasteiger charge is 2.09. The summed E-state index contributed by atoms with van der Waals surface area (Å²) in [6.07, 6.45) is 1.67. The van der Waals surface area contributed by atoms with Crippen LogP contribution in [0.1, 0.15) is 5.56 Å². The molecule has 3 aromatic rings. The molecule has 0 aliphatic heterocycles. The molecule has 2 nitrogen and oxygen atoms in total. The number of aryl methyl sites for hydroxylation is 1. The zero-order valence-electron chi connectivity index (χ0n) is 10.7. The van der Waals surface area contributed by atoms with E-state index in [1.54, 1.807) is 6.26 Å². The van der Waals surface area contributed by atoms with E-state index in [1.807, 2.05) is 67.6 Å². The Balaban J connectivity index is 2.00. The minimum absolute atomic E-state index is 0.798. The molecule has 0 aliphatic rings. The second kappa shape index (κ2) is 5.02. The number of hydrogen-bond donors (Lipinski definition) is 0. The zero-order chi connectivity index (χ0) is 13.1. The summed E-state index contributed by atoms with van der Waals surface area (Å²) in [4.78, 5) is 0. The minimum atomic E-state index is 0.798. The Morgan fingerprint density at radius 3 is 2.26 bits per heavy atom. The van der Waals surface area contributed by atoms with Crippen molar-refractivity contribution in [3.63, 3.8) is 0 Å². The molecule has 0 saturated carbocycles. The van der Waals surface area contributed by atoms with Crippen molar-refractivity contribution in [1.82, 2.24) is 0 Å². The van der Waals surface area contributed by atoms with Crippen LogP contribution in [0.15, 0.2) is 71.3 Å². The van der Waals surface area contributed by atoms with Gasteiger partial charge in [-0.1, -0.05) is 30.3 Å². The van der Waals surface area contributed by atoms with E-state index >= 15 is 0 Å². The quantitative estimate of drug-likeness (QED) is 0.649. The fourth-order valence-electron chi connectivity index (χ4n) is 1.98. The molecule has 2 heteroatoms. The minimum Gasteiger partial charge on any atom is -0.464 e. The fraction of sp³-hybridized carbons (Fsp3) is 0.0588. The first-order chi connectivity index (χ1) is 9.34. The third-order valence-electron chi connectivity index (χ3n) is 2.99. The van der Waals surface area contributed by atoms with Gasteiger partial charge >= 0.3 is 0 Å². The lowest BCUT2D eigenvalue weighted by molar-refractivity contribution is 0.477. The van der Waals surface area contributed by atoms with E-state index in [0.717, 1.165) is 28.4 Å². The van der Waals surface area contributed by atoms with E-state index in [4.69, 9.17) is 9.15 Å². The van der Waals surface area contributed by atoms with Crippen molar-refractivity contribution < 1.29 is 9.15 Å². The summed E-state index contributed by atoms with van der Waals surface area (Å²) in [5.41, 5.74) is 2.06. The molecule has 1 aromatic heterocycles. The topological polar surface area (TPSA) is 22.4 Å². The number of ether oxygens (including phenoxy) is 1. The third kappa shape index (κ3) is 2.38. The number of hydrogen-bond acceptors (Lipinski definition) is 2. The maximum atomic E-state index is 6.00. The van der Waals surface area contributed by atoms with Gasteiger partial charge in [0.05, 0.1) is 11.8 Å². The van der Waals surface area contributed by atoms with Gasteiger partial charge in [0, 0.05) is 0 Å². The SMILES string of the molecule is Cc1ccccc1Oc1ccccc1-c1ccco1. The van der Waals surface area contributed by atoms with E-state index in [-0.39, 0.29) is 0 Å². The molecule has 1 heterocycles. The van der Waals surface area contributed by atoms with Crippen LogP contribution < -0.4 is 4.74 Å². The molecule has 0 N–H and O–H groups in total. The smallest absolute Gasteiger partial charge is 0.138 e. The van der Waals surface area contributed by atoms with Gasteiger partial charge in [0.1, 0.15) is 17.3 Å². The molecular weight excluding hydrogens is 236 g/mol. The largest absolute Gasteiger partial charge is 0.464 e. The summed E-state index contributed by atoms with van der Waals surface area (Å²) in [5, 5.41) is 0. The summed E-state index contributed by atoms with van der Waals surface area (Å²) in [6, 6.07) is 19.6. The molecule has 0 fully saturated rings. The Hall–Kier alpha value is -2.48. The molecule has 0 amide bonds. The molecule has 19 heavy (non-hydrogen) atoms. The van der Waals surface area contributed by atoms with Crippen LogP contribution in [-0.4, -0.2) is 0 Å². The maximum Gasteiger partial charge on any atom is 0.138 e. The van der Waals surface area contributed by atoms with Crippen LogP contribution in [0.25, 0.3) is 11.3 Å². The monoisotopic (exact) mass is 250 g/mol. The van der Waals surface area contributed by atoms with Gasteiger partial charge in [-0.15, -0.1) is 0 Å². The zero-order valence-corrected chi connectivity index (χ0v) is 10.7. The Kier molecular flexibility index (Phi) is 3.07. The van der Waals surface area contributed by atoms with Crippen LogP contribution in [0.5, 0.6) is 11.5 Å². The van der Waals surface area contributed by atoms with Gasteiger partial charge in [-0.3, -0.25) is 0 Å². The molecular formula is C17H14O2. The van der Waals surface area contributed by atoms with Crippen LogP contribution in [-0.2, 0) is 0 Å². The standard InChI is InChI=1S/C17H14O2/c1-13-7-2-4-9-15(13)19-17-10-5-3-8-14(17)16-11-6-12-18-16/h2-12H,1H3. The lowest BCUT2D eigenvalue weighted by atomic mass is 10.1. The van der Waals surface area contributed by atoms with E-state index in [0.29, 0.717) is 0 Å². The Morgan fingerprint density at radius 2 is 1.53 bits per heavy atom. The Labute approximate surface area is 112 Å². The first-order valence-electron chi connectivity index (χ1n) is 6.21. The van der Waals surface area contributed by atoms with Crippen molar-refractivity contribution in [1.29, 1.82) is 0 Å². The van der Waals surface area contributed by atoms with Crippen LogP contribution >= 0.6 is 0 Å². The van der Waals surface area contributed by atoms with E-state index in [9.17, 15) is 0 Å². The maximum absolute atomic E-state index is 6.00. The molecule has 0 bridgehead atoms. The molecule has 0 spiro atoms. The third-order valence-corrected chi connectivity index (χ3v) is 2.99. The molecule has 0 unspecified atom stereocenters. The Morgan fingerprint density at radius 1 is 0.789 bits per heavy atom. The number of rotatable bonds is 3. The van der Waals surface area contributed by atoms with Gasteiger partial charge in [-0.2, -0.15) is 0 Å². The van der Waals surface area contributed by atoms with Crippen molar-refractivity contribution >= 4 is 0 Å². The normalized spacial score (nSPS) is 10.4. The van der Waals surface area contributed by atoms with Crippen LogP contribution in [0.4, 0.5) is 0 Å². The molecule has 2 aromatic carbocycles. The van der Waals surface area contributed by atoms with E-state index in [2.05, 4.69) is 0 Å². The average molecular weight is 250 g/mol. The van der Waals surface area contributed by atoms with Crippen molar-refractivity contribution in [3.05, 3.63) is 72.5 Å². The van der Waals surface area contributed by atoms with Gasteiger partial charge in [0.2, 0.25) is 0 Å². The van der Waals surface area contributed by atoms with Gasteiger partial charge in [0.15, 0.2) is 0 Å². The van der Waals surface area contributed by atoms with Crippen molar-refractivity contribution in [2.45, 2.75) is 6.92 Å². The molecule has 0 radical (unpaired) electrons. The van der Waals surface area contributed by atoms with Gasteiger partial charge in [-0.25, -0.2) is 0 Å². The fourth-order valence-corrected chi connectivity index (χ4v) is 1.98. The average Bonchev–Trinajstić information content (AvgIpc) is 2.96. The second-order valence-electron chi connectivity index (χ2n) is 4.34. The summed E-state index contributed by atoms with van der Waals surface area (Å²) < 4.78 is 11.5. The summed E-state index contributed by atoms with van der Waals surface area (Å²) >= 11 is 0. The van der Waals surface area contributed by atoms with Crippen LogP contribution in [0, 0.1) is 6.92 Å².